The normalized spacial score (nSPS) is 11.7. The maximum absolute atomic E-state index is 13.0. The van der Waals surface area contributed by atoms with Gasteiger partial charge in [0, 0.05) is 11.8 Å². The summed E-state index contributed by atoms with van der Waals surface area (Å²) in [5, 5.41) is 4.04. The molecule has 0 saturated carbocycles. The third-order valence-corrected chi connectivity index (χ3v) is 6.09. The summed E-state index contributed by atoms with van der Waals surface area (Å²) in [5.74, 6) is -0.668. The molecule has 37 heavy (non-hydrogen) atoms. The van der Waals surface area contributed by atoms with Gasteiger partial charge < -0.3 is 14.2 Å². The fourth-order valence-corrected chi connectivity index (χ4v) is 4.23. The van der Waals surface area contributed by atoms with Gasteiger partial charge in [0.2, 0.25) is 6.10 Å². The Kier molecular flexibility index (Phi) is 7.42. The van der Waals surface area contributed by atoms with E-state index in [1.165, 1.54) is 0 Å². The SMILES string of the molecule is O=C(COc1cccc2ccccc12)O[C@H](Cc1ccc2ccccc2c1)C(=O)OCc1ccccc1. The topological polar surface area (TPSA) is 61.8 Å². The fourth-order valence-electron chi connectivity index (χ4n) is 4.23. The van der Waals surface area contributed by atoms with Crippen LogP contribution in [0.1, 0.15) is 11.1 Å². The van der Waals surface area contributed by atoms with Crippen LogP contribution in [0.3, 0.4) is 0 Å². The Morgan fingerprint density at radius 1 is 0.649 bits per heavy atom. The summed E-state index contributed by atoms with van der Waals surface area (Å²) >= 11 is 0. The van der Waals surface area contributed by atoms with E-state index in [1.807, 2.05) is 109 Å². The first-order chi connectivity index (χ1) is 18.2. The van der Waals surface area contributed by atoms with Gasteiger partial charge in [-0.3, -0.25) is 0 Å². The van der Waals surface area contributed by atoms with E-state index in [4.69, 9.17) is 14.2 Å². The first-order valence-electron chi connectivity index (χ1n) is 12.1. The molecule has 0 saturated heterocycles. The lowest BCUT2D eigenvalue weighted by Gasteiger charge is -2.18. The van der Waals surface area contributed by atoms with Crippen molar-refractivity contribution >= 4 is 33.5 Å². The first kappa shape index (κ1) is 24.1. The third-order valence-electron chi connectivity index (χ3n) is 6.09. The molecule has 0 aliphatic rings. The minimum Gasteiger partial charge on any atom is -0.481 e. The average molecular weight is 491 g/mol. The Balaban J connectivity index is 1.29. The van der Waals surface area contributed by atoms with Gasteiger partial charge in [-0.1, -0.05) is 109 Å². The largest absolute Gasteiger partial charge is 0.481 e. The molecule has 184 valence electrons. The van der Waals surface area contributed by atoms with Crippen molar-refractivity contribution in [1.29, 1.82) is 0 Å². The molecule has 0 aliphatic carbocycles. The highest BCUT2D eigenvalue weighted by molar-refractivity contribution is 5.88. The summed E-state index contributed by atoms with van der Waals surface area (Å²) in [5.41, 5.74) is 1.72. The smallest absolute Gasteiger partial charge is 0.348 e. The molecule has 5 nitrogen and oxygen atoms in total. The van der Waals surface area contributed by atoms with Crippen LogP contribution in [0.5, 0.6) is 5.75 Å². The molecule has 0 spiro atoms. The maximum atomic E-state index is 13.0. The molecule has 5 rings (SSSR count). The summed E-state index contributed by atoms with van der Waals surface area (Å²) in [4.78, 5) is 25.8. The number of carbonyl (C=O) groups excluding carboxylic acids is 2. The minimum atomic E-state index is -1.10. The van der Waals surface area contributed by atoms with Crippen molar-refractivity contribution in [2.45, 2.75) is 19.1 Å². The second kappa shape index (κ2) is 11.4. The molecule has 0 aromatic heterocycles. The molecule has 0 fully saturated rings. The lowest BCUT2D eigenvalue weighted by atomic mass is 10.0. The highest BCUT2D eigenvalue weighted by atomic mass is 16.6. The third kappa shape index (κ3) is 6.14. The molecule has 0 bridgehead atoms. The number of esters is 2. The summed E-state index contributed by atoms with van der Waals surface area (Å²) < 4.78 is 16.9. The van der Waals surface area contributed by atoms with Gasteiger partial charge in [-0.05, 0) is 33.4 Å². The molecule has 5 heteroatoms. The standard InChI is InChI=1S/C32H26O5/c33-31(22-35-29-16-8-14-26-12-6-7-15-28(26)29)37-30(32(34)36-21-23-9-2-1-3-10-23)20-24-17-18-25-11-4-5-13-27(25)19-24/h1-19,30H,20-22H2/t30-/m1/s1. The van der Waals surface area contributed by atoms with Crippen molar-refractivity contribution in [3.05, 3.63) is 126 Å². The average Bonchev–Trinajstić information content (AvgIpc) is 2.95. The van der Waals surface area contributed by atoms with Crippen molar-refractivity contribution in [2.24, 2.45) is 0 Å². The molecule has 0 amide bonds. The van der Waals surface area contributed by atoms with Gasteiger partial charge in [0.25, 0.3) is 0 Å². The van der Waals surface area contributed by atoms with Crippen LogP contribution in [0, 0.1) is 0 Å². The molecule has 0 heterocycles. The number of carbonyl (C=O) groups is 2. The van der Waals surface area contributed by atoms with Crippen LogP contribution in [-0.4, -0.2) is 24.6 Å². The molecular weight excluding hydrogens is 464 g/mol. The zero-order chi connectivity index (χ0) is 25.5. The first-order valence-corrected chi connectivity index (χ1v) is 12.1. The lowest BCUT2D eigenvalue weighted by molar-refractivity contribution is -0.169. The summed E-state index contributed by atoms with van der Waals surface area (Å²) in [6, 6.07) is 36.7. The highest BCUT2D eigenvalue weighted by Crippen LogP contribution is 2.25. The Morgan fingerprint density at radius 3 is 2.19 bits per heavy atom. The van der Waals surface area contributed by atoms with Crippen molar-refractivity contribution in [3.63, 3.8) is 0 Å². The van der Waals surface area contributed by atoms with E-state index in [9.17, 15) is 9.59 Å². The fraction of sp³-hybridized carbons (Fsp3) is 0.125. The quantitative estimate of drug-likeness (QED) is 0.228. The Labute approximate surface area is 215 Å². The second-order valence-electron chi connectivity index (χ2n) is 8.72. The van der Waals surface area contributed by atoms with Crippen LogP contribution in [0.15, 0.2) is 115 Å². The zero-order valence-corrected chi connectivity index (χ0v) is 20.2. The van der Waals surface area contributed by atoms with E-state index in [2.05, 4.69) is 0 Å². The zero-order valence-electron chi connectivity index (χ0n) is 20.2. The molecular formula is C32H26O5. The van der Waals surface area contributed by atoms with Crippen LogP contribution in [0.4, 0.5) is 0 Å². The number of rotatable bonds is 9. The molecule has 5 aromatic rings. The van der Waals surface area contributed by atoms with Crippen LogP contribution < -0.4 is 4.74 Å². The lowest BCUT2D eigenvalue weighted by Crippen LogP contribution is -2.33. The Bertz CT molecular complexity index is 1520. The predicted octanol–water partition coefficient (Wildman–Crippen LogP) is 6.27. The van der Waals surface area contributed by atoms with E-state index >= 15 is 0 Å². The highest BCUT2D eigenvalue weighted by Gasteiger charge is 2.26. The van der Waals surface area contributed by atoms with Crippen molar-refractivity contribution in [2.75, 3.05) is 6.61 Å². The Morgan fingerprint density at radius 2 is 1.35 bits per heavy atom. The van der Waals surface area contributed by atoms with Gasteiger partial charge in [0.05, 0.1) is 0 Å². The van der Waals surface area contributed by atoms with E-state index < -0.39 is 18.0 Å². The van der Waals surface area contributed by atoms with Gasteiger partial charge in [-0.15, -0.1) is 0 Å². The molecule has 0 N–H and O–H groups in total. The molecule has 1 atom stereocenters. The van der Waals surface area contributed by atoms with Gasteiger partial charge in [0.1, 0.15) is 12.4 Å². The number of hydrogen-bond donors (Lipinski definition) is 0. The minimum absolute atomic E-state index is 0.0952. The van der Waals surface area contributed by atoms with Crippen LogP contribution in [0.25, 0.3) is 21.5 Å². The monoisotopic (exact) mass is 490 g/mol. The van der Waals surface area contributed by atoms with Crippen LogP contribution in [0.2, 0.25) is 0 Å². The molecule has 0 unspecified atom stereocenters. The van der Waals surface area contributed by atoms with Crippen molar-refractivity contribution in [1.82, 2.24) is 0 Å². The number of hydrogen-bond acceptors (Lipinski definition) is 5. The molecule has 0 aliphatic heterocycles. The van der Waals surface area contributed by atoms with Gasteiger partial charge >= 0.3 is 11.9 Å². The summed E-state index contributed by atoms with van der Waals surface area (Å²) in [7, 11) is 0. The predicted molar refractivity (Wildman–Crippen MR) is 143 cm³/mol. The molecule has 5 aromatic carbocycles. The van der Waals surface area contributed by atoms with E-state index in [0.717, 1.165) is 32.7 Å². The van der Waals surface area contributed by atoms with E-state index in [-0.39, 0.29) is 19.6 Å². The second-order valence-corrected chi connectivity index (χ2v) is 8.72. The van der Waals surface area contributed by atoms with Crippen molar-refractivity contribution in [3.8, 4) is 5.75 Å². The van der Waals surface area contributed by atoms with E-state index in [1.54, 1.807) is 6.07 Å². The van der Waals surface area contributed by atoms with Gasteiger partial charge in [-0.2, -0.15) is 0 Å². The van der Waals surface area contributed by atoms with E-state index in [0.29, 0.717) is 5.75 Å². The summed E-state index contributed by atoms with van der Waals surface area (Å²) in [6.07, 6.45) is -0.910. The number of fused-ring (bicyclic) bond motifs is 2. The van der Waals surface area contributed by atoms with Crippen LogP contribution in [-0.2, 0) is 32.1 Å². The number of ether oxygens (including phenoxy) is 3. The number of benzene rings is 5. The van der Waals surface area contributed by atoms with Crippen molar-refractivity contribution < 1.29 is 23.8 Å². The Hall–Kier alpha value is -4.64. The van der Waals surface area contributed by atoms with Crippen LogP contribution >= 0.6 is 0 Å². The molecule has 0 radical (unpaired) electrons. The van der Waals surface area contributed by atoms with Gasteiger partial charge in [-0.25, -0.2) is 9.59 Å². The van der Waals surface area contributed by atoms with Gasteiger partial charge in [0.15, 0.2) is 6.61 Å². The maximum Gasteiger partial charge on any atom is 0.348 e. The summed E-state index contributed by atoms with van der Waals surface area (Å²) in [6.45, 7) is -0.230.